The van der Waals surface area contributed by atoms with Crippen LogP contribution in [0.1, 0.15) is 13.3 Å². The molecule has 0 aliphatic heterocycles. The van der Waals surface area contributed by atoms with Gasteiger partial charge in [-0.3, -0.25) is 4.90 Å². The van der Waals surface area contributed by atoms with E-state index in [1.807, 2.05) is 0 Å². The second-order valence-corrected chi connectivity index (χ2v) is 2.87. The van der Waals surface area contributed by atoms with E-state index in [-0.39, 0.29) is 12.9 Å². The number of aliphatic hydroxyl groups is 1. The second kappa shape index (κ2) is 8.44. The van der Waals surface area contributed by atoms with Crippen molar-refractivity contribution >= 4 is 0 Å². The van der Waals surface area contributed by atoms with Gasteiger partial charge < -0.3 is 14.6 Å². The first kappa shape index (κ1) is 12.8. The van der Waals surface area contributed by atoms with Crippen LogP contribution in [0.25, 0.3) is 0 Å². The van der Waals surface area contributed by atoms with Gasteiger partial charge in [-0.15, -0.1) is 0 Å². The number of hydrogen-bond acceptors (Lipinski definition) is 4. The molecule has 0 bridgehead atoms. The number of nitrogens with zero attached hydrogens (tertiary/aromatic N) is 1. The summed E-state index contributed by atoms with van der Waals surface area (Å²) in [6.45, 7) is 4.91. The topological polar surface area (TPSA) is 41.9 Å². The third-order valence-electron chi connectivity index (χ3n) is 2.01. The molecule has 0 amide bonds. The average molecular weight is 191 g/mol. The molecule has 4 heteroatoms. The fourth-order valence-electron chi connectivity index (χ4n) is 1.13. The smallest absolute Gasteiger partial charge is 0.169 e. The van der Waals surface area contributed by atoms with Crippen molar-refractivity contribution in [2.75, 3.05) is 40.5 Å². The van der Waals surface area contributed by atoms with Gasteiger partial charge in [-0.05, 0) is 13.0 Å². The fraction of sp³-hybridized carbons (Fsp3) is 1.00. The van der Waals surface area contributed by atoms with E-state index in [0.717, 1.165) is 26.1 Å². The van der Waals surface area contributed by atoms with E-state index in [1.54, 1.807) is 14.2 Å². The van der Waals surface area contributed by atoms with Gasteiger partial charge in [-0.2, -0.15) is 0 Å². The SMILES string of the molecule is CCN(CCCO)CC(OC)OC. The van der Waals surface area contributed by atoms with E-state index in [4.69, 9.17) is 14.6 Å². The zero-order valence-corrected chi connectivity index (χ0v) is 8.82. The van der Waals surface area contributed by atoms with Gasteiger partial charge in [0.2, 0.25) is 0 Å². The predicted octanol–water partition coefficient (Wildman–Crippen LogP) is 0.310. The van der Waals surface area contributed by atoms with Gasteiger partial charge >= 0.3 is 0 Å². The van der Waals surface area contributed by atoms with Crippen molar-refractivity contribution in [2.24, 2.45) is 0 Å². The maximum Gasteiger partial charge on any atom is 0.169 e. The van der Waals surface area contributed by atoms with Crippen molar-refractivity contribution in [1.82, 2.24) is 4.90 Å². The van der Waals surface area contributed by atoms with Crippen LogP contribution in [0.4, 0.5) is 0 Å². The number of ether oxygens (including phenoxy) is 2. The van der Waals surface area contributed by atoms with Gasteiger partial charge in [-0.25, -0.2) is 0 Å². The highest BCUT2D eigenvalue weighted by Crippen LogP contribution is 1.98. The van der Waals surface area contributed by atoms with Crippen LogP contribution in [0.2, 0.25) is 0 Å². The Morgan fingerprint density at radius 3 is 2.31 bits per heavy atom. The molecule has 0 aromatic heterocycles. The molecule has 0 spiro atoms. The van der Waals surface area contributed by atoms with Crippen LogP contribution in [-0.4, -0.2) is 56.8 Å². The molecule has 13 heavy (non-hydrogen) atoms. The molecule has 1 N–H and O–H groups in total. The summed E-state index contributed by atoms with van der Waals surface area (Å²) in [7, 11) is 3.27. The Morgan fingerprint density at radius 1 is 1.31 bits per heavy atom. The largest absolute Gasteiger partial charge is 0.396 e. The van der Waals surface area contributed by atoms with Crippen LogP contribution in [0.5, 0.6) is 0 Å². The first-order valence-corrected chi connectivity index (χ1v) is 4.67. The number of methoxy groups -OCH3 is 2. The molecule has 0 aromatic carbocycles. The van der Waals surface area contributed by atoms with Crippen LogP contribution in [0, 0.1) is 0 Å². The number of hydrogen-bond donors (Lipinski definition) is 1. The second-order valence-electron chi connectivity index (χ2n) is 2.87. The third kappa shape index (κ3) is 5.99. The lowest BCUT2D eigenvalue weighted by molar-refractivity contribution is -0.116. The zero-order chi connectivity index (χ0) is 10.1. The quantitative estimate of drug-likeness (QED) is 0.561. The van der Waals surface area contributed by atoms with E-state index in [0.29, 0.717) is 0 Å². The summed E-state index contributed by atoms with van der Waals surface area (Å²) in [5, 5.41) is 8.67. The van der Waals surface area contributed by atoms with Crippen molar-refractivity contribution in [2.45, 2.75) is 19.6 Å². The molecular weight excluding hydrogens is 170 g/mol. The van der Waals surface area contributed by atoms with Crippen LogP contribution in [0.3, 0.4) is 0 Å². The van der Waals surface area contributed by atoms with E-state index in [9.17, 15) is 0 Å². The maximum absolute atomic E-state index is 8.67. The average Bonchev–Trinajstić information content (AvgIpc) is 2.19. The highest BCUT2D eigenvalue weighted by atomic mass is 16.7. The van der Waals surface area contributed by atoms with Crippen molar-refractivity contribution in [3.63, 3.8) is 0 Å². The summed E-state index contributed by atoms with van der Waals surface area (Å²) >= 11 is 0. The Kier molecular flexibility index (Phi) is 8.33. The number of aliphatic hydroxyl groups excluding tert-OH is 1. The Hall–Kier alpha value is -0.160. The van der Waals surface area contributed by atoms with Crippen molar-refractivity contribution in [3.05, 3.63) is 0 Å². The minimum Gasteiger partial charge on any atom is -0.396 e. The van der Waals surface area contributed by atoms with Gasteiger partial charge in [0.25, 0.3) is 0 Å². The van der Waals surface area contributed by atoms with Gasteiger partial charge in [0.05, 0.1) is 0 Å². The lowest BCUT2D eigenvalue weighted by Crippen LogP contribution is -2.35. The van der Waals surface area contributed by atoms with Crippen LogP contribution >= 0.6 is 0 Å². The van der Waals surface area contributed by atoms with Gasteiger partial charge in [0.15, 0.2) is 6.29 Å². The zero-order valence-electron chi connectivity index (χ0n) is 8.82. The first-order valence-electron chi connectivity index (χ1n) is 4.67. The molecule has 0 radical (unpaired) electrons. The summed E-state index contributed by atoms with van der Waals surface area (Å²) < 4.78 is 10.2. The standard InChI is InChI=1S/C9H21NO3/c1-4-10(6-5-7-11)8-9(12-2)13-3/h9,11H,4-8H2,1-3H3. The van der Waals surface area contributed by atoms with E-state index in [2.05, 4.69) is 11.8 Å². The molecule has 0 saturated heterocycles. The summed E-state index contributed by atoms with van der Waals surface area (Å²) in [5.74, 6) is 0. The van der Waals surface area contributed by atoms with Crippen molar-refractivity contribution in [1.29, 1.82) is 0 Å². The van der Waals surface area contributed by atoms with Crippen molar-refractivity contribution in [3.8, 4) is 0 Å². The number of rotatable bonds is 8. The van der Waals surface area contributed by atoms with Gasteiger partial charge in [-0.1, -0.05) is 6.92 Å². The van der Waals surface area contributed by atoms with Gasteiger partial charge in [0, 0.05) is 33.9 Å². The predicted molar refractivity (Wildman–Crippen MR) is 51.6 cm³/mol. The lowest BCUT2D eigenvalue weighted by Gasteiger charge is -2.24. The first-order chi connectivity index (χ1) is 6.28. The Bertz CT molecular complexity index is 107. The normalized spacial score (nSPS) is 11.5. The highest BCUT2D eigenvalue weighted by molar-refractivity contribution is 4.57. The molecule has 0 fully saturated rings. The molecule has 0 unspecified atom stereocenters. The Balaban J connectivity index is 3.67. The Labute approximate surface area is 80.4 Å². The van der Waals surface area contributed by atoms with E-state index >= 15 is 0 Å². The fourth-order valence-corrected chi connectivity index (χ4v) is 1.13. The molecule has 0 saturated carbocycles. The Morgan fingerprint density at radius 2 is 1.92 bits per heavy atom. The van der Waals surface area contributed by atoms with Crippen LogP contribution in [-0.2, 0) is 9.47 Å². The maximum atomic E-state index is 8.67. The summed E-state index contributed by atoms with van der Waals surface area (Å²) in [6, 6.07) is 0. The minimum atomic E-state index is -0.168. The molecule has 0 aliphatic rings. The van der Waals surface area contributed by atoms with Crippen LogP contribution < -0.4 is 0 Å². The van der Waals surface area contributed by atoms with E-state index < -0.39 is 0 Å². The molecule has 0 heterocycles. The molecule has 4 nitrogen and oxygen atoms in total. The van der Waals surface area contributed by atoms with Gasteiger partial charge in [0.1, 0.15) is 0 Å². The lowest BCUT2D eigenvalue weighted by atomic mass is 10.4. The summed E-state index contributed by atoms with van der Waals surface area (Å²) in [5.41, 5.74) is 0. The van der Waals surface area contributed by atoms with E-state index in [1.165, 1.54) is 0 Å². The molecule has 0 aromatic rings. The summed E-state index contributed by atoms with van der Waals surface area (Å²) in [4.78, 5) is 2.19. The van der Waals surface area contributed by atoms with Crippen LogP contribution in [0.15, 0.2) is 0 Å². The number of likely N-dealkylation sites (N-methyl/N-ethyl adjacent to an activating group) is 1. The molecule has 0 rings (SSSR count). The third-order valence-corrected chi connectivity index (χ3v) is 2.01. The molecule has 0 atom stereocenters. The highest BCUT2D eigenvalue weighted by Gasteiger charge is 2.10. The molecular formula is C9H21NO3. The minimum absolute atomic E-state index is 0.168. The molecule has 80 valence electrons. The monoisotopic (exact) mass is 191 g/mol. The molecule has 0 aliphatic carbocycles. The van der Waals surface area contributed by atoms with Crippen molar-refractivity contribution < 1.29 is 14.6 Å². The summed E-state index contributed by atoms with van der Waals surface area (Å²) in [6.07, 6.45) is 0.632.